The molecule has 0 fully saturated rings. The van der Waals surface area contributed by atoms with Crippen molar-refractivity contribution in [2.75, 3.05) is 0 Å². The molecule has 4 heteroatoms. The van der Waals surface area contributed by atoms with Crippen molar-refractivity contribution >= 4 is 0 Å². The van der Waals surface area contributed by atoms with Crippen molar-refractivity contribution in [1.29, 1.82) is 0 Å². The molecule has 0 bridgehead atoms. The lowest BCUT2D eigenvalue weighted by molar-refractivity contribution is 0.149. The van der Waals surface area contributed by atoms with E-state index in [0.29, 0.717) is 0 Å². The fraction of sp³-hybridized carbons (Fsp3) is 1.00. The molecule has 0 atom stereocenters. The molecule has 17 heavy (non-hydrogen) atoms. The predicted molar refractivity (Wildman–Crippen MR) is 75.6 cm³/mol. The van der Waals surface area contributed by atoms with Gasteiger partial charge in [0.15, 0.2) is 0 Å². The van der Waals surface area contributed by atoms with Crippen LogP contribution in [0.3, 0.4) is 0 Å². The summed E-state index contributed by atoms with van der Waals surface area (Å²) in [5.74, 6) is 5.56. The lowest BCUT2D eigenvalue weighted by Crippen LogP contribution is -2.67. The van der Waals surface area contributed by atoms with Crippen LogP contribution in [0.2, 0.25) is 0 Å². The van der Waals surface area contributed by atoms with E-state index in [1.165, 1.54) is 0 Å². The topological polar surface area (TPSA) is 76.1 Å². The Balaban J connectivity index is 4.77. The Bertz CT molecular complexity index is 249. The molecule has 0 unspecified atom stereocenters. The van der Waals surface area contributed by atoms with E-state index in [0.717, 1.165) is 6.42 Å². The molecule has 0 heterocycles. The average Bonchev–Trinajstić information content (AvgIpc) is 1.97. The molecule has 0 aromatic carbocycles. The Hall–Kier alpha value is -0.160. The minimum atomic E-state index is -0.287. The summed E-state index contributed by atoms with van der Waals surface area (Å²) < 4.78 is 0. The minimum absolute atomic E-state index is 0.0456. The third-order valence-electron chi connectivity index (χ3n) is 3.54. The number of hydrogen-bond donors (Lipinski definition) is 4. The second-order valence-electron chi connectivity index (χ2n) is 7.56. The first-order chi connectivity index (χ1) is 7.22. The summed E-state index contributed by atoms with van der Waals surface area (Å²) in [5, 5.41) is 3.64. The first-order valence-electron chi connectivity index (χ1n) is 6.28. The summed E-state index contributed by atoms with van der Waals surface area (Å²) >= 11 is 0. The zero-order valence-corrected chi connectivity index (χ0v) is 12.9. The number of nitrogens with two attached hydrogens (primary N) is 2. The summed E-state index contributed by atoms with van der Waals surface area (Å²) in [6.45, 7) is 16.9. The molecule has 4 nitrogen and oxygen atoms in total. The van der Waals surface area contributed by atoms with Crippen molar-refractivity contribution in [1.82, 2.24) is 10.7 Å². The summed E-state index contributed by atoms with van der Waals surface area (Å²) in [7, 11) is 0. The van der Waals surface area contributed by atoms with E-state index >= 15 is 0 Å². The molecule has 104 valence electrons. The lowest BCUT2D eigenvalue weighted by atomic mass is 9.79. The number of hydrogen-bond acceptors (Lipinski definition) is 4. The fourth-order valence-electron chi connectivity index (χ4n) is 2.21. The van der Waals surface area contributed by atoms with Gasteiger partial charge >= 0.3 is 0 Å². The molecule has 6 N–H and O–H groups in total. The van der Waals surface area contributed by atoms with Gasteiger partial charge in [0, 0.05) is 22.2 Å². The molecule has 0 radical (unpaired) electrons. The maximum absolute atomic E-state index is 6.21. The van der Waals surface area contributed by atoms with Crippen LogP contribution in [-0.2, 0) is 0 Å². The van der Waals surface area contributed by atoms with Gasteiger partial charge in [-0.15, -0.1) is 0 Å². The first-order valence-corrected chi connectivity index (χ1v) is 6.28. The summed E-state index contributed by atoms with van der Waals surface area (Å²) in [6.07, 6.45) is 0.913. The molecule has 0 aliphatic rings. The first kappa shape index (κ1) is 16.8. The normalized spacial score (nSPS) is 15.2. The van der Waals surface area contributed by atoms with Gasteiger partial charge in [0.1, 0.15) is 0 Å². The largest absolute Gasteiger partial charge is 0.324 e. The smallest absolute Gasteiger partial charge is 0.0304 e. The summed E-state index contributed by atoms with van der Waals surface area (Å²) in [5.41, 5.74) is 8.47. The van der Waals surface area contributed by atoms with Crippen LogP contribution in [0.15, 0.2) is 0 Å². The van der Waals surface area contributed by atoms with Gasteiger partial charge in [0.25, 0.3) is 0 Å². The van der Waals surface area contributed by atoms with Gasteiger partial charge < -0.3 is 11.1 Å². The standard InChI is InChI=1S/C13H32N4/c1-10(2,9-11(3,4)17-15)16-13(7,8)12(5,6)14/h16-17H,9,14-15H2,1-8H3. The minimum Gasteiger partial charge on any atom is -0.324 e. The van der Waals surface area contributed by atoms with Crippen molar-refractivity contribution < 1.29 is 0 Å². The Kier molecular flexibility index (Phi) is 4.80. The molecular weight excluding hydrogens is 212 g/mol. The van der Waals surface area contributed by atoms with Crippen LogP contribution in [0, 0.1) is 0 Å². The molecule has 0 aliphatic heterocycles. The van der Waals surface area contributed by atoms with E-state index in [4.69, 9.17) is 11.6 Å². The van der Waals surface area contributed by atoms with E-state index in [2.05, 4.69) is 52.3 Å². The van der Waals surface area contributed by atoms with Crippen molar-refractivity contribution in [3.63, 3.8) is 0 Å². The van der Waals surface area contributed by atoms with Crippen LogP contribution >= 0.6 is 0 Å². The monoisotopic (exact) mass is 244 g/mol. The highest BCUT2D eigenvalue weighted by Gasteiger charge is 2.39. The molecule has 0 saturated heterocycles. The molecule has 0 saturated carbocycles. The van der Waals surface area contributed by atoms with E-state index in [9.17, 15) is 0 Å². The highest BCUT2D eigenvalue weighted by molar-refractivity contribution is 5.02. The number of nitrogens with one attached hydrogen (secondary N) is 2. The maximum Gasteiger partial charge on any atom is 0.0304 e. The predicted octanol–water partition coefficient (Wildman–Crippen LogP) is 1.50. The van der Waals surface area contributed by atoms with Crippen LogP contribution in [0.1, 0.15) is 61.8 Å². The van der Waals surface area contributed by atoms with E-state index in [1.807, 2.05) is 13.8 Å². The SMILES string of the molecule is CC(C)(CC(C)(C)NC(C)(C)C(C)(C)N)NN. The van der Waals surface area contributed by atoms with E-state index < -0.39 is 0 Å². The summed E-state index contributed by atoms with van der Waals surface area (Å²) in [4.78, 5) is 0. The highest BCUT2D eigenvalue weighted by Crippen LogP contribution is 2.26. The highest BCUT2D eigenvalue weighted by atomic mass is 15.3. The molecule has 0 aliphatic carbocycles. The van der Waals surface area contributed by atoms with Crippen LogP contribution in [0.25, 0.3) is 0 Å². The van der Waals surface area contributed by atoms with Crippen molar-refractivity contribution in [3.8, 4) is 0 Å². The molecular formula is C13H32N4. The molecule has 0 spiro atoms. The Morgan fingerprint density at radius 1 is 0.824 bits per heavy atom. The van der Waals surface area contributed by atoms with Crippen molar-refractivity contribution in [2.24, 2.45) is 11.6 Å². The van der Waals surface area contributed by atoms with E-state index in [1.54, 1.807) is 0 Å². The van der Waals surface area contributed by atoms with Crippen molar-refractivity contribution in [3.05, 3.63) is 0 Å². The van der Waals surface area contributed by atoms with Gasteiger partial charge in [-0.25, -0.2) is 0 Å². The zero-order valence-electron chi connectivity index (χ0n) is 12.9. The molecule has 0 amide bonds. The lowest BCUT2D eigenvalue weighted by Gasteiger charge is -2.47. The van der Waals surface area contributed by atoms with Gasteiger partial charge in [0.2, 0.25) is 0 Å². The number of hydrazine groups is 1. The van der Waals surface area contributed by atoms with E-state index in [-0.39, 0.29) is 22.2 Å². The molecule has 0 aromatic rings. The molecule has 0 rings (SSSR count). The summed E-state index contributed by atoms with van der Waals surface area (Å²) in [6, 6.07) is 0. The van der Waals surface area contributed by atoms with Crippen molar-refractivity contribution in [2.45, 2.75) is 84.0 Å². The van der Waals surface area contributed by atoms with Crippen LogP contribution in [-0.4, -0.2) is 22.2 Å². The average molecular weight is 244 g/mol. The third kappa shape index (κ3) is 5.34. The Morgan fingerprint density at radius 2 is 1.24 bits per heavy atom. The second kappa shape index (κ2) is 4.84. The van der Waals surface area contributed by atoms with Gasteiger partial charge in [0.05, 0.1) is 0 Å². The quantitative estimate of drug-likeness (QED) is 0.422. The van der Waals surface area contributed by atoms with Gasteiger partial charge in [-0.1, -0.05) is 0 Å². The van der Waals surface area contributed by atoms with Gasteiger partial charge in [-0.3, -0.25) is 11.3 Å². The van der Waals surface area contributed by atoms with Crippen LogP contribution in [0.4, 0.5) is 0 Å². The van der Waals surface area contributed by atoms with Crippen LogP contribution in [0.5, 0.6) is 0 Å². The zero-order chi connectivity index (χ0) is 14.1. The van der Waals surface area contributed by atoms with Gasteiger partial charge in [-0.05, 0) is 61.8 Å². The van der Waals surface area contributed by atoms with Gasteiger partial charge in [-0.2, -0.15) is 0 Å². The van der Waals surface area contributed by atoms with Crippen LogP contribution < -0.4 is 22.3 Å². The maximum atomic E-state index is 6.21. The third-order valence-corrected chi connectivity index (χ3v) is 3.54. The Labute approximate surface area is 107 Å². The fourth-order valence-corrected chi connectivity index (χ4v) is 2.21. The Morgan fingerprint density at radius 3 is 1.53 bits per heavy atom. The second-order valence-corrected chi connectivity index (χ2v) is 7.56. The molecule has 0 aromatic heterocycles. The number of rotatable bonds is 6.